The molecule has 4 nitrogen and oxygen atoms in total. The van der Waals surface area contributed by atoms with Crippen molar-refractivity contribution in [3.8, 4) is 6.07 Å². The van der Waals surface area contributed by atoms with Gasteiger partial charge in [-0.05, 0) is 25.8 Å². The molecule has 15 heavy (non-hydrogen) atoms. The van der Waals surface area contributed by atoms with Gasteiger partial charge in [0.1, 0.15) is 6.54 Å². The Labute approximate surface area is 91.0 Å². The quantitative estimate of drug-likeness (QED) is 0.673. The molecule has 2 N–H and O–H groups in total. The van der Waals surface area contributed by atoms with Crippen LogP contribution in [0.4, 0.5) is 0 Å². The summed E-state index contributed by atoms with van der Waals surface area (Å²) in [4.78, 5) is 12.0. The first-order valence-electron chi connectivity index (χ1n) is 5.61. The van der Waals surface area contributed by atoms with Crippen LogP contribution in [0, 0.1) is 16.7 Å². The standard InChI is InChI=1S/C11H19N3O/c1-2-4-11(5-3-7-13-9-11)10(15)14-8-6-12/h13H,2-5,7-9H2,1H3,(H,14,15). The van der Waals surface area contributed by atoms with E-state index in [9.17, 15) is 4.79 Å². The lowest BCUT2D eigenvalue weighted by Gasteiger charge is -2.35. The first kappa shape index (κ1) is 12.0. The molecule has 84 valence electrons. The summed E-state index contributed by atoms with van der Waals surface area (Å²) in [6.07, 6.45) is 3.88. The molecule has 1 saturated heterocycles. The van der Waals surface area contributed by atoms with Crippen molar-refractivity contribution < 1.29 is 4.79 Å². The highest BCUT2D eigenvalue weighted by atomic mass is 16.2. The van der Waals surface area contributed by atoms with Crippen LogP contribution >= 0.6 is 0 Å². The van der Waals surface area contributed by atoms with Crippen molar-refractivity contribution in [1.82, 2.24) is 10.6 Å². The second kappa shape index (κ2) is 5.72. The van der Waals surface area contributed by atoms with E-state index in [0.29, 0.717) is 0 Å². The van der Waals surface area contributed by atoms with Crippen molar-refractivity contribution in [3.05, 3.63) is 0 Å². The van der Waals surface area contributed by atoms with Gasteiger partial charge in [0.25, 0.3) is 0 Å². The number of hydrogen-bond acceptors (Lipinski definition) is 3. The zero-order valence-corrected chi connectivity index (χ0v) is 9.31. The van der Waals surface area contributed by atoms with E-state index in [1.54, 1.807) is 0 Å². The Hall–Kier alpha value is -1.08. The Bertz CT molecular complexity index is 246. The summed E-state index contributed by atoms with van der Waals surface area (Å²) in [6, 6.07) is 1.94. The molecular formula is C11H19N3O. The lowest BCUT2D eigenvalue weighted by molar-refractivity contribution is -0.132. The number of nitriles is 1. The van der Waals surface area contributed by atoms with Gasteiger partial charge in [-0.1, -0.05) is 13.3 Å². The number of carbonyl (C=O) groups excluding carboxylic acids is 1. The lowest BCUT2D eigenvalue weighted by Crippen LogP contribution is -2.50. The summed E-state index contributed by atoms with van der Waals surface area (Å²) in [6.45, 7) is 3.95. The van der Waals surface area contributed by atoms with Crippen LogP contribution in [0.3, 0.4) is 0 Å². The first-order valence-corrected chi connectivity index (χ1v) is 5.61. The molecule has 0 aromatic heterocycles. The van der Waals surface area contributed by atoms with Gasteiger partial charge < -0.3 is 10.6 Å². The molecule has 1 heterocycles. The summed E-state index contributed by atoms with van der Waals surface area (Å²) < 4.78 is 0. The third-order valence-electron chi connectivity index (χ3n) is 3.01. The van der Waals surface area contributed by atoms with E-state index in [2.05, 4.69) is 17.6 Å². The van der Waals surface area contributed by atoms with Gasteiger partial charge in [-0.3, -0.25) is 4.79 Å². The number of amides is 1. The number of nitrogens with one attached hydrogen (secondary N) is 2. The van der Waals surface area contributed by atoms with Crippen LogP contribution in [-0.4, -0.2) is 25.5 Å². The van der Waals surface area contributed by atoms with E-state index in [-0.39, 0.29) is 17.9 Å². The molecule has 1 aliphatic rings. The zero-order valence-electron chi connectivity index (χ0n) is 9.31. The average molecular weight is 209 g/mol. The minimum absolute atomic E-state index is 0.0399. The fourth-order valence-electron chi connectivity index (χ4n) is 2.27. The monoisotopic (exact) mass is 209 g/mol. The highest BCUT2D eigenvalue weighted by Gasteiger charge is 2.38. The van der Waals surface area contributed by atoms with Crippen molar-refractivity contribution in [3.63, 3.8) is 0 Å². The maximum atomic E-state index is 12.0. The minimum Gasteiger partial charge on any atom is -0.342 e. The van der Waals surface area contributed by atoms with Crippen LogP contribution in [0.25, 0.3) is 0 Å². The van der Waals surface area contributed by atoms with Crippen molar-refractivity contribution in [2.75, 3.05) is 19.6 Å². The molecule has 0 aromatic rings. The molecule has 1 atom stereocenters. The largest absolute Gasteiger partial charge is 0.342 e. The van der Waals surface area contributed by atoms with Gasteiger partial charge in [0, 0.05) is 6.54 Å². The minimum atomic E-state index is -0.274. The summed E-state index contributed by atoms with van der Waals surface area (Å²) in [5, 5.41) is 14.4. The molecule has 0 spiro atoms. The van der Waals surface area contributed by atoms with Gasteiger partial charge in [0.2, 0.25) is 5.91 Å². The summed E-state index contributed by atoms with van der Waals surface area (Å²) in [7, 11) is 0. The molecule has 0 saturated carbocycles. The first-order chi connectivity index (χ1) is 7.25. The lowest BCUT2D eigenvalue weighted by atomic mass is 9.76. The maximum Gasteiger partial charge on any atom is 0.228 e. The van der Waals surface area contributed by atoms with Crippen LogP contribution in [-0.2, 0) is 4.79 Å². The molecule has 1 aliphatic heterocycles. The van der Waals surface area contributed by atoms with E-state index >= 15 is 0 Å². The average Bonchev–Trinajstić information content (AvgIpc) is 2.27. The predicted octanol–water partition coefficient (Wildman–Crippen LogP) is 0.796. The number of nitrogens with zero attached hydrogens (tertiary/aromatic N) is 1. The van der Waals surface area contributed by atoms with Gasteiger partial charge >= 0.3 is 0 Å². The molecule has 0 bridgehead atoms. The molecule has 1 unspecified atom stereocenters. The molecule has 0 radical (unpaired) electrons. The Balaban J connectivity index is 2.62. The molecule has 4 heteroatoms. The van der Waals surface area contributed by atoms with Gasteiger partial charge in [-0.2, -0.15) is 5.26 Å². The van der Waals surface area contributed by atoms with Gasteiger partial charge in [-0.15, -0.1) is 0 Å². The highest BCUT2D eigenvalue weighted by molar-refractivity contribution is 5.83. The third kappa shape index (κ3) is 2.93. The van der Waals surface area contributed by atoms with Crippen LogP contribution in [0.5, 0.6) is 0 Å². The van der Waals surface area contributed by atoms with Crippen molar-refractivity contribution in [2.45, 2.75) is 32.6 Å². The van der Waals surface area contributed by atoms with Crippen LogP contribution in [0.1, 0.15) is 32.6 Å². The van der Waals surface area contributed by atoms with Gasteiger partial charge in [-0.25, -0.2) is 0 Å². The van der Waals surface area contributed by atoms with Crippen molar-refractivity contribution >= 4 is 5.91 Å². The fraction of sp³-hybridized carbons (Fsp3) is 0.818. The van der Waals surface area contributed by atoms with E-state index < -0.39 is 0 Å². The Morgan fingerprint density at radius 3 is 3.00 bits per heavy atom. The smallest absolute Gasteiger partial charge is 0.228 e. The van der Waals surface area contributed by atoms with Crippen LogP contribution in [0.15, 0.2) is 0 Å². The van der Waals surface area contributed by atoms with E-state index in [1.807, 2.05) is 6.07 Å². The van der Waals surface area contributed by atoms with E-state index in [0.717, 1.165) is 38.8 Å². The SMILES string of the molecule is CCCC1(C(=O)NCC#N)CCCNC1. The Kier molecular flexibility index (Phi) is 4.57. The summed E-state index contributed by atoms with van der Waals surface area (Å²) in [5.74, 6) is 0.0399. The number of carbonyl (C=O) groups is 1. The zero-order chi connectivity index (χ0) is 11.1. The topological polar surface area (TPSA) is 64.9 Å². The Morgan fingerprint density at radius 1 is 1.67 bits per heavy atom. The van der Waals surface area contributed by atoms with Crippen LogP contribution in [0.2, 0.25) is 0 Å². The third-order valence-corrected chi connectivity index (χ3v) is 3.01. The van der Waals surface area contributed by atoms with Crippen LogP contribution < -0.4 is 10.6 Å². The molecule has 0 aliphatic carbocycles. The van der Waals surface area contributed by atoms with E-state index in [4.69, 9.17) is 5.26 Å². The van der Waals surface area contributed by atoms with Gasteiger partial charge in [0.05, 0.1) is 11.5 Å². The number of hydrogen-bond donors (Lipinski definition) is 2. The molecule has 1 fully saturated rings. The van der Waals surface area contributed by atoms with Crippen molar-refractivity contribution in [2.24, 2.45) is 5.41 Å². The van der Waals surface area contributed by atoms with E-state index in [1.165, 1.54) is 0 Å². The summed E-state index contributed by atoms with van der Waals surface area (Å²) in [5.41, 5.74) is -0.274. The molecular weight excluding hydrogens is 190 g/mol. The second-order valence-corrected chi connectivity index (χ2v) is 4.15. The number of rotatable bonds is 4. The molecule has 1 rings (SSSR count). The Morgan fingerprint density at radius 2 is 2.47 bits per heavy atom. The second-order valence-electron chi connectivity index (χ2n) is 4.15. The summed E-state index contributed by atoms with van der Waals surface area (Å²) >= 11 is 0. The predicted molar refractivity (Wildman–Crippen MR) is 58.1 cm³/mol. The molecule has 1 amide bonds. The maximum absolute atomic E-state index is 12.0. The normalized spacial score (nSPS) is 25.6. The number of piperidine rings is 1. The molecule has 0 aromatic carbocycles. The van der Waals surface area contributed by atoms with Crippen molar-refractivity contribution in [1.29, 1.82) is 5.26 Å². The van der Waals surface area contributed by atoms with Gasteiger partial charge in [0.15, 0.2) is 0 Å². The fourth-order valence-corrected chi connectivity index (χ4v) is 2.27. The highest BCUT2D eigenvalue weighted by Crippen LogP contribution is 2.31.